The SMILES string of the molecule is CCCCC(C)(CCC)c1ncccc1F. The largest absolute Gasteiger partial charge is 0.258 e. The Bertz CT molecular complexity index is 324. The Labute approximate surface area is 98.1 Å². The van der Waals surface area contributed by atoms with Crippen LogP contribution in [0, 0.1) is 5.82 Å². The van der Waals surface area contributed by atoms with Gasteiger partial charge in [-0.25, -0.2) is 4.39 Å². The summed E-state index contributed by atoms with van der Waals surface area (Å²) in [6.45, 7) is 6.45. The third-order valence-corrected chi connectivity index (χ3v) is 3.21. The molecule has 1 aromatic rings. The maximum Gasteiger partial charge on any atom is 0.145 e. The number of pyridine rings is 1. The summed E-state index contributed by atoms with van der Waals surface area (Å²) in [6, 6.07) is 3.17. The lowest BCUT2D eigenvalue weighted by atomic mass is 9.77. The van der Waals surface area contributed by atoms with Crippen LogP contribution in [-0.4, -0.2) is 4.98 Å². The molecule has 2 heteroatoms. The van der Waals surface area contributed by atoms with Gasteiger partial charge in [0.15, 0.2) is 0 Å². The van der Waals surface area contributed by atoms with Crippen molar-refractivity contribution in [3.63, 3.8) is 0 Å². The topological polar surface area (TPSA) is 12.9 Å². The average Bonchev–Trinajstić information content (AvgIpc) is 2.27. The molecule has 90 valence electrons. The van der Waals surface area contributed by atoms with Crippen LogP contribution in [0.3, 0.4) is 0 Å². The zero-order valence-corrected chi connectivity index (χ0v) is 10.6. The molecule has 1 rings (SSSR count). The Morgan fingerprint density at radius 2 is 2.00 bits per heavy atom. The van der Waals surface area contributed by atoms with Crippen LogP contribution in [0.4, 0.5) is 4.39 Å². The zero-order valence-electron chi connectivity index (χ0n) is 10.6. The van der Waals surface area contributed by atoms with Gasteiger partial charge in [-0.15, -0.1) is 0 Å². The van der Waals surface area contributed by atoms with Gasteiger partial charge in [0.05, 0.1) is 5.69 Å². The van der Waals surface area contributed by atoms with Gasteiger partial charge in [-0.3, -0.25) is 4.98 Å². The van der Waals surface area contributed by atoms with E-state index < -0.39 is 0 Å². The summed E-state index contributed by atoms with van der Waals surface area (Å²) < 4.78 is 13.8. The minimum absolute atomic E-state index is 0.101. The van der Waals surface area contributed by atoms with Gasteiger partial charge in [-0.1, -0.05) is 40.0 Å². The summed E-state index contributed by atoms with van der Waals surface area (Å²) in [5, 5.41) is 0. The molecule has 1 nitrogen and oxygen atoms in total. The van der Waals surface area contributed by atoms with Crippen molar-refractivity contribution in [3.8, 4) is 0 Å². The van der Waals surface area contributed by atoms with E-state index in [1.807, 2.05) is 0 Å². The van der Waals surface area contributed by atoms with E-state index in [0.29, 0.717) is 5.69 Å². The van der Waals surface area contributed by atoms with Gasteiger partial charge >= 0.3 is 0 Å². The van der Waals surface area contributed by atoms with E-state index in [2.05, 4.69) is 25.8 Å². The number of aromatic nitrogens is 1. The molecule has 0 aliphatic heterocycles. The molecule has 0 bridgehead atoms. The fourth-order valence-corrected chi connectivity index (χ4v) is 2.31. The van der Waals surface area contributed by atoms with Crippen LogP contribution in [-0.2, 0) is 5.41 Å². The molecule has 1 unspecified atom stereocenters. The summed E-state index contributed by atoms with van der Waals surface area (Å²) in [5.74, 6) is -0.158. The van der Waals surface area contributed by atoms with Gasteiger partial charge in [0.1, 0.15) is 5.82 Å². The van der Waals surface area contributed by atoms with Crippen molar-refractivity contribution in [1.29, 1.82) is 0 Å². The molecule has 1 heterocycles. The molecular weight excluding hydrogens is 201 g/mol. The quantitative estimate of drug-likeness (QED) is 0.693. The number of halogens is 1. The van der Waals surface area contributed by atoms with Crippen LogP contribution < -0.4 is 0 Å². The highest BCUT2D eigenvalue weighted by molar-refractivity contribution is 5.17. The molecule has 0 saturated carbocycles. The summed E-state index contributed by atoms with van der Waals surface area (Å²) in [6.07, 6.45) is 7.06. The first kappa shape index (κ1) is 13.1. The highest BCUT2D eigenvalue weighted by Crippen LogP contribution is 2.34. The smallest absolute Gasteiger partial charge is 0.145 e. The molecule has 0 aliphatic rings. The van der Waals surface area contributed by atoms with Crippen LogP contribution >= 0.6 is 0 Å². The second-order valence-corrected chi connectivity index (χ2v) is 4.75. The monoisotopic (exact) mass is 223 g/mol. The third-order valence-electron chi connectivity index (χ3n) is 3.21. The molecule has 0 radical (unpaired) electrons. The van der Waals surface area contributed by atoms with Crippen molar-refractivity contribution < 1.29 is 4.39 Å². The van der Waals surface area contributed by atoms with Crippen molar-refractivity contribution in [1.82, 2.24) is 4.98 Å². The van der Waals surface area contributed by atoms with Gasteiger partial charge in [0.25, 0.3) is 0 Å². The molecule has 0 aromatic carbocycles. The molecule has 0 spiro atoms. The van der Waals surface area contributed by atoms with Crippen LogP contribution in [0.5, 0.6) is 0 Å². The van der Waals surface area contributed by atoms with E-state index in [-0.39, 0.29) is 11.2 Å². The van der Waals surface area contributed by atoms with Crippen molar-refractivity contribution >= 4 is 0 Å². The first-order valence-corrected chi connectivity index (χ1v) is 6.25. The first-order valence-electron chi connectivity index (χ1n) is 6.25. The van der Waals surface area contributed by atoms with Gasteiger partial charge in [0.2, 0.25) is 0 Å². The van der Waals surface area contributed by atoms with Gasteiger partial charge in [-0.2, -0.15) is 0 Å². The van der Waals surface area contributed by atoms with Crippen molar-refractivity contribution in [2.45, 2.75) is 58.3 Å². The summed E-state index contributed by atoms with van der Waals surface area (Å²) >= 11 is 0. The van der Waals surface area contributed by atoms with Gasteiger partial charge in [0, 0.05) is 11.6 Å². The second-order valence-electron chi connectivity index (χ2n) is 4.75. The number of rotatable bonds is 6. The average molecular weight is 223 g/mol. The van der Waals surface area contributed by atoms with Crippen molar-refractivity contribution in [2.24, 2.45) is 0 Å². The lowest BCUT2D eigenvalue weighted by Crippen LogP contribution is -2.24. The predicted octanol–water partition coefficient (Wildman–Crippen LogP) is 4.47. The Hall–Kier alpha value is -0.920. The van der Waals surface area contributed by atoms with E-state index in [0.717, 1.165) is 32.1 Å². The molecule has 0 aliphatic carbocycles. The van der Waals surface area contributed by atoms with Crippen LogP contribution in [0.15, 0.2) is 18.3 Å². The van der Waals surface area contributed by atoms with E-state index >= 15 is 0 Å². The number of hydrogen-bond donors (Lipinski definition) is 0. The van der Waals surface area contributed by atoms with Gasteiger partial charge in [-0.05, 0) is 25.0 Å². The van der Waals surface area contributed by atoms with Crippen LogP contribution in [0.25, 0.3) is 0 Å². The minimum atomic E-state index is -0.158. The molecular formula is C14H22FN. The second kappa shape index (κ2) is 5.97. The summed E-state index contributed by atoms with van der Waals surface area (Å²) in [7, 11) is 0. The normalized spacial score (nSPS) is 14.8. The van der Waals surface area contributed by atoms with E-state index in [1.54, 1.807) is 12.3 Å². The number of unbranched alkanes of at least 4 members (excludes halogenated alkanes) is 1. The standard InChI is InChI=1S/C14H22FN/c1-4-6-10-14(3,9-5-2)13-12(15)8-7-11-16-13/h7-8,11H,4-6,9-10H2,1-3H3. The lowest BCUT2D eigenvalue weighted by molar-refractivity contribution is 0.356. The number of nitrogens with zero attached hydrogens (tertiary/aromatic N) is 1. The maximum atomic E-state index is 13.8. The van der Waals surface area contributed by atoms with E-state index in [9.17, 15) is 4.39 Å². The zero-order chi connectivity index (χ0) is 12.0. The summed E-state index contributed by atoms with van der Waals surface area (Å²) in [4.78, 5) is 4.25. The molecule has 1 aromatic heterocycles. The molecule has 0 N–H and O–H groups in total. The molecule has 16 heavy (non-hydrogen) atoms. The summed E-state index contributed by atoms with van der Waals surface area (Å²) in [5.41, 5.74) is 0.543. The van der Waals surface area contributed by atoms with E-state index in [1.165, 1.54) is 6.07 Å². The van der Waals surface area contributed by atoms with E-state index in [4.69, 9.17) is 0 Å². The Morgan fingerprint density at radius 3 is 2.56 bits per heavy atom. The highest BCUT2D eigenvalue weighted by Gasteiger charge is 2.29. The molecule has 0 fully saturated rings. The lowest BCUT2D eigenvalue weighted by Gasteiger charge is -2.29. The fourth-order valence-electron chi connectivity index (χ4n) is 2.31. The molecule has 1 atom stereocenters. The van der Waals surface area contributed by atoms with Crippen molar-refractivity contribution in [3.05, 3.63) is 29.8 Å². The Morgan fingerprint density at radius 1 is 1.25 bits per heavy atom. The first-order chi connectivity index (χ1) is 7.64. The fraction of sp³-hybridized carbons (Fsp3) is 0.643. The number of hydrogen-bond acceptors (Lipinski definition) is 1. The predicted molar refractivity (Wildman–Crippen MR) is 66.0 cm³/mol. The minimum Gasteiger partial charge on any atom is -0.258 e. The third kappa shape index (κ3) is 3.03. The highest BCUT2D eigenvalue weighted by atomic mass is 19.1. The van der Waals surface area contributed by atoms with Crippen LogP contribution in [0.2, 0.25) is 0 Å². The Kier molecular flexibility index (Phi) is 4.91. The van der Waals surface area contributed by atoms with Crippen molar-refractivity contribution in [2.75, 3.05) is 0 Å². The molecule has 0 amide bonds. The van der Waals surface area contributed by atoms with Gasteiger partial charge < -0.3 is 0 Å². The maximum absolute atomic E-state index is 13.8. The van der Waals surface area contributed by atoms with Crippen LogP contribution in [0.1, 0.15) is 58.6 Å². The molecule has 0 saturated heterocycles. The Balaban J connectivity index is 2.96.